The zero-order valence-electron chi connectivity index (χ0n) is 12.5. The Morgan fingerprint density at radius 3 is 1.95 bits per heavy atom. The minimum absolute atomic E-state index is 0.106. The van der Waals surface area contributed by atoms with Gasteiger partial charge >= 0.3 is 6.08 Å². The molecule has 1 rings (SSSR count). The minimum Gasteiger partial charge on any atom is -0.493 e. The molecule has 0 atom stereocenters. The molecule has 0 aromatic heterocycles. The number of methoxy groups -OCH3 is 4. The Balaban J connectivity index is 3.34. The summed E-state index contributed by atoms with van der Waals surface area (Å²) in [5.41, 5.74) is 0.539. The van der Waals surface area contributed by atoms with Gasteiger partial charge in [-0.2, -0.15) is 8.78 Å². The average molecular weight is 291 g/mol. The predicted molar refractivity (Wildman–Crippen MR) is 67.2 cm³/mol. The molecule has 0 aliphatic rings. The highest BCUT2D eigenvalue weighted by Gasteiger charge is 2.19. The molecular weight excluding hydrogens is 274 g/mol. The van der Waals surface area contributed by atoms with Gasteiger partial charge in [0.15, 0.2) is 24.0 Å². The first kappa shape index (κ1) is 14.5. The lowest BCUT2D eigenvalue weighted by atomic mass is 10.1. The Hall–Kier alpha value is -1.86. The highest BCUT2D eigenvalue weighted by molar-refractivity contribution is 5.54. The lowest BCUT2D eigenvalue weighted by molar-refractivity contribution is -0.106. The van der Waals surface area contributed by atoms with E-state index in [1.165, 1.54) is 40.6 Å². The second-order valence-electron chi connectivity index (χ2n) is 3.52. The van der Waals surface area contributed by atoms with Crippen LogP contribution in [0.2, 0.25) is 0 Å². The van der Waals surface area contributed by atoms with Crippen LogP contribution in [0.1, 0.15) is 13.2 Å². The Morgan fingerprint density at radius 2 is 1.60 bits per heavy atom. The van der Waals surface area contributed by atoms with Gasteiger partial charge in [-0.05, 0) is 12.1 Å². The van der Waals surface area contributed by atoms with Crippen LogP contribution in [-0.2, 0) is 9.47 Å². The number of hydrogen-bond acceptors (Lipinski definition) is 5. The van der Waals surface area contributed by atoms with Crippen LogP contribution < -0.4 is 14.2 Å². The van der Waals surface area contributed by atoms with Gasteiger partial charge in [0.05, 0.1) is 14.2 Å². The van der Waals surface area contributed by atoms with Gasteiger partial charge in [0, 0.05) is 19.8 Å². The van der Waals surface area contributed by atoms with Crippen LogP contribution in [0.25, 0.3) is 0 Å². The molecule has 5 nitrogen and oxygen atoms in total. The summed E-state index contributed by atoms with van der Waals surface area (Å²) in [5.74, 6) is 0.0800. The maximum atomic E-state index is 12.3. The molecule has 0 radical (unpaired) electrons. The Labute approximate surface area is 117 Å². The van der Waals surface area contributed by atoms with Crippen molar-refractivity contribution in [3.8, 4) is 17.2 Å². The van der Waals surface area contributed by atoms with Gasteiger partial charge in [0.25, 0.3) is 0 Å². The highest BCUT2D eigenvalue weighted by Crippen LogP contribution is 2.40. The Kier molecular flexibility index (Phi) is 5.57. The summed E-state index contributed by atoms with van der Waals surface area (Å²) < 4.78 is 56.9. The molecule has 0 heterocycles. The van der Waals surface area contributed by atoms with Gasteiger partial charge in [0.1, 0.15) is 1.37 Å². The number of halogens is 2. The number of hydrogen-bond donors (Lipinski definition) is 0. The van der Waals surface area contributed by atoms with Crippen molar-refractivity contribution >= 4 is 0 Å². The monoisotopic (exact) mass is 291 g/mol. The second kappa shape index (κ2) is 7.66. The van der Waals surface area contributed by atoms with Gasteiger partial charge in [0.2, 0.25) is 5.75 Å². The van der Waals surface area contributed by atoms with Gasteiger partial charge in [-0.25, -0.2) is 0 Å². The quantitative estimate of drug-likeness (QED) is 0.570. The van der Waals surface area contributed by atoms with Gasteiger partial charge in [-0.3, -0.25) is 0 Å². The summed E-state index contributed by atoms with van der Waals surface area (Å²) in [6.45, 7) is 0. The van der Waals surface area contributed by atoms with E-state index in [9.17, 15) is 8.78 Å². The standard InChI is InChI=1S/C13H16F2O5/c1-16-9-5-8(13(18-3)19-4)6-10(17-2)12(9)20-7-11(14)15/h5-7,13H,1-4H3/i7D. The van der Waals surface area contributed by atoms with Crippen LogP contribution in [0.15, 0.2) is 24.5 Å². The second-order valence-corrected chi connectivity index (χ2v) is 3.52. The molecular formula is C13H16F2O5. The van der Waals surface area contributed by atoms with E-state index in [0.717, 1.165) is 0 Å². The molecule has 0 amide bonds. The van der Waals surface area contributed by atoms with Crippen LogP contribution in [0.5, 0.6) is 17.2 Å². The fourth-order valence-corrected chi connectivity index (χ4v) is 1.59. The fourth-order valence-electron chi connectivity index (χ4n) is 1.59. The van der Waals surface area contributed by atoms with E-state index >= 15 is 0 Å². The molecule has 7 heteroatoms. The normalized spacial score (nSPS) is 11.1. The van der Waals surface area contributed by atoms with Crippen molar-refractivity contribution in [2.45, 2.75) is 6.29 Å². The Bertz CT molecular complexity index is 488. The van der Waals surface area contributed by atoms with E-state index in [1.54, 1.807) is 0 Å². The van der Waals surface area contributed by atoms with Crippen molar-refractivity contribution in [1.29, 1.82) is 0 Å². The molecule has 0 spiro atoms. The van der Waals surface area contributed by atoms with E-state index in [2.05, 4.69) is 0 Å². The third kappa shape index (κ3) is 3.82. The molecule has 1 aromatic rings. The molecule has 1 aromatic carbocycles. The van der Waals surface area contributed by atoms with Crippen LogP contribution in [0.3, 0.4) is 0 Å². The van der Waals surface area contributed by atoms with E-state index in [4.69, 9.17) is 25.1 Å². The highest BCUT2D eigenvalue weighted by atomic mass is 19.3. The van der Waals surface area contributed by atoms with E-state index in [0.29, 0.717) is 5.56 Å². The molecule has 0 saturated heterocycles. The van der Waals surface area contributed by atoms with Crippen LogP contribution >= 0.6 is 0 Å². The summed E-state index contributed by atoms with van der Waals surface area (Å²) in [6, 6.07) is 2.97. The molecule has 0 fully saturated rings. The Morgan fingerprint density at radius 1 is 1.10 bits per heavy atom. The van der Waals surface area contributed by atoms with E-state index < -0.39 is 18.6 Å². The van der Waals surface area contributed by atoms with Crippen molar-refractivity contribution in [2.75, 3.05) is 28.4 Å². The summed E-state index contributed by atoms with van der Waals surface area (Å²) in [7, 11) is 5.56. The van der Waals surface area contributed by atoms with E-state index in [-0.39, 0.29) is 17.2 Å². The van der Waals surface area contributed by atoms with Gasteiger partial charge in [-0.1, -0.05) is 0 Å². The van der Waals surface area contributed by atoms with Crippen molar-refractivity contribution in [3.63, 3.8) is 0 Å². The van der Waals surface area contributed by atoms with Crippen molar-refractivity contribution in [2.24, 2.45) is 0 Å². The summed E-state index contributed by atoms with van der Waals surface area (Å²) in [5, 5.41) is 0. The zero-order valence-corrected chi connectivity index (χ0v) is 11.5. The lowest BCUT2D eigenvalue weighted by Gasteiger charge is -2.18. The lowest BCUT2D eigenvalue weighted by Crippen LogP contribution is -2.05. The number of rotatable bonds is 7. The molecule has 0 bridgehead atoms. The first-order valence-corrected chi connectivity index (χ1v) is 5.49. The number of benzene rings is 1. The van der Waals surface area contributed by atoms with Crippen molar-refractivity contribution in [1.82, 2.24) is 0 Å². The first-order chi connectivity index (χ1) is 9.98. The molecule has 20 heavy (non-hydrogen) atoms. The number of ether oxygens (including phenoxy) is 5. The van der Waals surface area contributed by atoms with Crippen LogP contribution in [0.4, 0.5) is 8.78 Å². The summed E-state index contributed by atoms with van der Waals surface area (Å²) in [4.78, 5) is 0. The maximum Gasteiger partial charge on any atom is 0.305 e. The largest absolute Gasteiger partial charge is 0.493 e. The van der Waals surface area contributed by atoms with Crippen LogP contribution in [-0.4, -0.2) is 28.4 Å². The third-order valence-electron chi connectivity index (χ3n) is 2.41. The third-order valence-corrected chi connectivity index (χ3v) is 2.41. The molecule has 0 saturated carbocycles. The average Bonchev–Trinajstić information content (AvgIpc) is 2.48. The van der Waals surface area contributed by atoms with Crippen molar-refractivity contribution in [3.05, 3.63) is 30.0 Å². The smallest absolute Gasteiger partial charge is 0.305 e. The molecule has 0 aliphatic heterocycles. The molecule has 112 valence electrons. The first-order valence-electron chi connectivity index (χ1n) is 5.99. The minimum atomic E-state index is -2.25. The SMILES string of the molecule is [2H]C(Oc1c(OC)cc(C(OC)OC)cc1OC)=C(F)F. The molecule has 0 N–H and O–H groups in total. The van der Waals surface area contributed by atoms with Gasteiger partial charge in [-0.15, -0.1) is 0 Å². The maximum absolute atomic E-state index is 12.3. The molecule has 0 unspecified atom stereocenters. The van der Waals surface area contributed by atoms with Crippen LogP contribution in [0, 0.1) is 0 Å². The van der Waals surface area contributed by atoms with Gasteiger partial charge < -0.3 is 23.7 Å². The summed E-state index contributed by atoms with van der Waals surface area (Å²) >= 11 is 0. The topological polar surface area (TPSA) is 46.2 Å². The predicted octanol–water partition coefficient (Wildman–Crippen LogP) is 3.11. The zero-order chi connectivity index (χ0) is 16.0. The van der Waals surface area contributed by atoms with Crippen molar-refractivity contribution < 1.29 is 33.8 Å². The fraction of sp³-hybridized carbons (Fsp3) is 0.385. The summed E-state index contributed by atoms with van der Waals surface area (Å²) in [6.07, 6.45) is -4.23. The molecule has 0 aliphatic carbocycles. The van der Waals surface area contributed by atoms with E-state index in [1.807, 2.05) is 0 Å².